The second-order valence-corrected chi connectivity index (χ2v) is 4.89. The molecule has 0 unspecified atom stereocenters. The van der Waals surface area contributed by atoms with E-state index in [1.54, 1.807) is 0 Å². The van der Waals surface area contributed by atoms with Crippen LogP contribution < -0.4 is 5.73 Å². The first kappa shape index (κ1) is 14.6. The molecule has 1 aromatic carbocycles. The smallest absolute Gasteiger partial charge is 0.398 e. The largest absolute Gasteiger partial charge is 0.401 e. The van der Waals surface area contributed by atoms with E-state index in [4.69, 9.17) is 5.73 Å². The Morgan fingerprint density at radius 3 is 2.55 bits per heavy atom. The molecule has 0 heterocycles. The van der Waals surface area contributed by atoms with Crippen LogP contribution in [-0.2, 0) is 6.54 Å². The number of hydrogen-bond donors (Lipinski definition) is 1. The van der Waals surface area contributed by atoms with Gasteiger partial charge in [0.2, 0.25) is 0 Å². The molecule has 0 atom stereocenters. The van der Waals surface area contributed by atoms with Crippen LogP contribution in [-0.4, -0.2) is 28.6 Å². The SMILES string of the molecule is Nc1ccc([N+](=O)[O-])cc1CN(CC(F)(F)F)C1CC1. The fourth-order valence-electron chi connectivity index (χ4n) is 2.05. The number of hydrogen-bond acceptors (Lipinski definition) is 4. The fourth-order valence-corrected chi connectivity index (χ4v) is 2.05. The van der Waals surface area contributed by atoms with Crippen molar-refractivity contribution in [3.05, 3.63) is 33.9 Å². The monoisotopic (exact) mass is 289 g/mol. The number of halogens is 3. The maximum atomic E-state index is 12.5. The standard InChI is InChI=1S/C12H14F3N3O2/c13-12(14,15)7-17(9-1-2-9)6-8-5-10(18(19)20)3-4-11(8)16/h3-5,9H,1-2,6-7,16H2. The van der Waals surface area contributed by atoms with Crippen molar-refractivity contribution in [3.63, 3.8) is 0 Å². The molecule has 2 N–H and O–H groups in total. The van der Waals surface area contributed by atoms with Crippen molar-refractivity contribution in [2.75, 3.05) is 12.3 Å². The van der Waals surface area contributed by atoms with Gasteiger partial charge in [0.25, 0.3) is 5.69 Å². The molecule has 110 valence electrons. The minimum Gasteiger partial charge on any atom is -0.398 e. The van der Waals surface area contributed by atoms with Crippen molar-refractivity contribution in [1.29, 1.82) is 0 Å². The Kier molecular flexibility index (Phi) is 3.85. The molecule has 2 rings (SSSR count). The normalized spacial score (nSPS) is 15.6. The summed E-state index contributed by atoms with van der Waals surface area (Å²) in [7, 11) is 0. The fraction of sp³-hybridized carbons (Fsp3) is 0.500. The average Bonchev–Trinajstić information content (AvgIpc) is 3.12. The lowest BCUT2D eigenvalue weighted by Crippen LogP contribution is -2.35. The van der Waals surface area contributed by atoms with Gasteiger partial charge in [-0.1, -0.05) is 0 Å². The third kappa shape index (κ3) is 3.83. The molecule has 1 fully saturated rings. The molecule has 1 aromatic rings. The van der Waals surface area contributed by atoms with Crippen molar-refractivity contribution < 1.29 is 18.1 Å². The lowest BCUT2D eigenvalue weighted by atomic mass is 10.1. The molecule has 0 saturated heterocycles. The molecule has 0 amide bonds. The van der Waals surface area contributed by atoms with E-state index in [0.29, 0.717) is 18.4 Å². The second-order valence-electron chi connectivity index (χ2n) is 4.89. The van der Waals surface area contributed by atoms with Crippen LogP contribution in [0, 0.1) is 10.1 Å². The number of non-ortho nitro benzene ring substituents is 1. The first-order chi connectivity index (χ1) is 9.26. The summed E-state index contributed by atoms with van der Waals surface area (Å²) >= 11 is 0. The van der Waals surface area contributed by atoms with Crippen molar-refractivity contribution in [3.8, 4) is 0 Å². The molecule has 1 aliphatic rings. The Morgan fingerprint density at radius 1 is 1.40 bits per heavy atom. The Bertz CT molecular complexity index is 515. The van der Waals surface area contributed by atoms with Gasteiger partial charge in [0.05, 0.1) is 11.5 Å². The summed E-state index contributed by atoms with van der Waals surface area (Å²) in [5, 5.41) is 10.7. The predicted octanol–water partition coefficient (Wildman–Crippen LogP) is 2.70. The zero-order valence-corrected chi connectivity index (χ0v) is 10.6. The van der Waals surface area contributed by atoms with Gasteiger partial charge in [-0.25, -0.2) is 0 Å². The van der Waals surface area contributed by atoms with Crippen molar-refractivity contribution in [2.45, 2.75) is 31.6 Å². The summed E-state index contributed by atoms with van der Waals surface area (Å²) in [6.07, 6.45) is -2.87. The Morgan fingerprint density at radius 2 is 2.05 bits per heavy atom. The molecule has 8 heteroatoms. The van der Waals surface area contributed by atoms with Gasteiger partial charge >= 0.3 is 6.18 Å². The number of nitrogens with zero attached hydrogens (tertiary/aromatic N) is 2. The molecular formula is C12H14F3N3O2. The first-order valence-electron chi connectivity index (χ1n) is 6.10. The Labute approximate surface area is 113 Å². The summed E-state index contributed by atoms with van der Waals surface area (Å²) < 4.78 is 37.6. The molecule has 5 nitrogen and oxygen atoms in total. The van der Waals surface area contributed by atoms with Gasteiger partial charge in [-0.05, 0) is 24.5 Å². The second kappa shape index (κ2) is 5.28. The van der Waals surface area contributed by atoms with E-state index in [1.807, 2.05) is 0 Å². The number of nitro groups is 1. The maximum Gasteiger partial charge on any atom is 0.401 e. The molecule has 20 heavy (non-hydrogen) atoms. The van der Waals surface area contributed by atoms with E-state index in [1.165, 1.54) is 23.1 Å². The van der Waals surface area contributed by atoms with Gasteiger partial charge in [0, 0.05) is 30.4 Å². The quantitative estimate of drug-likeness (QED) is 0.514. The van der Waals surface area contributed by atoms with Crippen LogP contribution in [0.5, 0.6) is 0 Å². The van der Waals surface area contributed by atoms with Gasteiger partial charge < -0.3 is 5.73 Å². The van der Waals surface area contributed by atoms with Crippen LogP contribution in [0.25, 0.3) is 0 Å². The number of nitro benzene ring substituents is 1. The zero-order valence-electron chi connectivity index (χ0n) is 10.6. The summed E-state index contributed by atoms with van der Waals surface area (Å²) in [5.74, 6) is 0. The van der Waals surface area contributed by atoms with Crippen LogP contribution >= 0.6 is 0 Å². The van der Waals surface area contributed by atoms with Crippen LogP contribution in [0.1, 0.15) is 18.4 Å². The minimum absolute atomic E-state index is 0.0301. The highest BCUT2D eigenvalue weighted by atomic mass is 19.4. The predicted molar refractivity (Wildman–Crippen MR) is 67.0 cm³/mol. The number of nitrogens with two attached hydrogens (primary N) is 1. The van der Waals surface area contributed by atoms with Crippen LogP contribution in [0.15, 0.2) is 18.2 Å². The van der Waals surface area contributed by atoms with Crippen LogP contribution in [0.3, 0.4) is 0 Å². The van der Waals surface area contributed by atoms with Gasteiger partial charge in [0.1, 0.15) is 0 Å². The highest BCUT2D eigenvalue weighted by Gasteiger charge is 2.38. The molecule has 0 radical (unpaired) electrons. The van der Waals surface area contributed by atoms with Gasteiger partial charge in [-0.3, -0.25) is 15.0 Å². The molecule has 0 aliphatic heterocycles. The van der Waals surface area contributed by atoms with E-state index in [-0.39, 0.29) is 24.0 Å². The van der Waals surface area contributed by atoms with Crippen LogP contribution in [0.4, 0.5) is 24.5 Å². The third-order valence-corrected chi connectivity index (χ3v) is 3.16. The van der Waals surface area contributed by atoms with E-state index < -0.39 is 17.6 Å². The van der Waals surface area contributed by atoms with Crippen molar-refractivity contribution in [1.82, 2.24) is 4.90 Å². The summed E-state index contributed by atoms with van der Waals surface area (Å²) in [4.78, 5) is 11.4. The third-order valence-electron chi connectivity index (χ3n) is 3.16. The van der Waals surface area contributed by atoms with E-state index in [9.17, 15) is 23.3 Å². The highest BCUT2D eigenvalue weighted by molar-refractivity contribution is 5.52. The minimum atomic E-state index is -4.29. The van der Waals surface area contributed by atoms with E-state index in [0.717, 1.165) is 0 Å². The van der Waals surface area contributed by atoms with Crippen molar-refractivity contribution >= 4 is 11.4 Å². The Balaban J connectivity index is 2.17. The number of alkyl halides is 3. The van der Waals surface area contributed by atoms with Crippen LogP contribution in [0.2, 0.25) is 0 Å². The van der Waals surface area contributed by atoms with E-state index in [2.05, 4.69) is 0 Å². The lowest BCUT2D eigenvalue weighted by Gasteiger charge is -2.23. The van der Waals surface area contributed by atoms with E-state index >= 15 is 0 Å². The topological polar surface area (TPSA) is 72.4 Å². The first-order valence-corrected chi connectivity index (χ1v) is 6.10. The number of nitrogen functional groups attached to an aromatic ring is 1. The summed E-state index contributed by atoms with van der Waals surface area (Å²) in [6.45, 7) is -1.06. The lowest BCUT2D eigenvalue weighted by molar-refractivity contribution is -0.384. The Hall–Kier alpha value is -1.83. The maximum absolute atomic E-state index is 12.5. The molecule has 0 spiro atoms. The van der Waals surface area contributed by atoms with Gasteiger partial charge in [0.15, 0.2) is 0 Å². The molecule has 1 aliphatic carbocycles. The van der Waals surface area contributed by atoms with Crippen molar-refractivity contribution in [2.24, 2.45) is 0 Å². The molecular weight excluding hydrogens is 275 g/mol. The zero-order chi connectivity index (χ0) is 14.9. The van der Waals surface area contributed by atoms with Gasteiger partial charge in [-0.2, -0.15) is 13.2 Å². The summed E-state index contributed by atoms with van der Waals surface area (Å²) in [5.41, 5.74) is 6.15. The number of anilines is 1. The van der Waals surface area contributed by atoms with Gasteiger partial charge in [-0.15, -0.1) is 0 Å². The molecule has 1 saturated carbocycles. The average molecular weight is 289 g/mol. The molecule has 0 aromatic heterocycles. The molecule has 0 bridgehead atoms. The summed E-state index contributed by atoms with van der Waals surface area (Å²) in [6, 6.07) is 3.72. The highest BCUT2D eigenvalue weighted by Crippen LogP contribution is 2.32. The number of benzene rings is 1. The number of rotatable bonds is 5.